The molecule has 0 aliphatic heterocycles. The second-order valence-electron chi connectivity index (χ2n) is 5.39. The summed E-state index contributed by atoms with van der Waals surface area (Å²) < 4.78 is 1.08. The van der Waals surface area contributed by atoms with Gasteiger partial charge in [-0.3, -0.25) is 4.79 Å². The Morgan fingerprint density at radius 2 is 1.95 bits per heavy atom. The molecule has 104 valence electrons. The molecule has 0 unspecified atom stereocenters. The Morgan fingerprint density at radius 3 is 2.63 bits per heavy atom. The molecule has 2 rings (SSSR count). The van der Waals surface area contributed by atoms with Crippen LogP contribution in [0.2, 0.25) is 0 Å². The van der Waals surface area contributed by atoms with Crippen molar-refractivity contribution in [1.29, 1.82) is 0 Å². The first-order valence-electron chi connectivity index (χ1n) is 7.28. The van der Waals surface area contributed by atoms with Crippen LogP contribution < -0.4 is 5.32 Å². The Labute approximate surface area is 124 Å². The standard InChI is InChI=1S/C16H22BrNO/c17-14-7-5-6-13(12-14)10-11-16(19)18-15-8-3-1-2-4-9-15/h5-7,12,15H,1-4,8-11H2,(H,18,19). The van der Waals surface area contributed by atoms with Crippen molar-refractivity contribution in [2.75, 3.05) is 0 Å². The molecule has 1 N–H and O–H groups in total. The molecule has 0 atom stereocenters. The average Bonchev–Trinajstić information content (AvgIpc) is 2.65. The molecule has 3 heteroatoms. The molecular formula is C16H22BrNO. The Balaban J connectivity index is 1.74. The molecule has 2 nitrogen and oxygen atoms in total. The van der Waals surface area contributed by atoms with E-state index in [2.05, 4.69) is 33.4 Å². The van der Waals surface area contributed by atoms with Crippen molar-refractivity contribution < 1.29 is 4.79 Å². The van der Waals surface area contributed by atoms with Gasteiger partial charge in [-0.25, -0.2) is 0 Å². The number of carbonyl (C=O) groups excluding carboxylic acids is 1. The summed E-state index contributed by atoms with van der Waals surface area (Å²) >= 11 is 3.46. The molecule has 0 aromatic heterocycles. The molecule has 1 fully saturated rings. The van der Waals surface area contributed by atoms with E-state index in [9.17, 15) is 4.79 Å². The monoisotopic (exact) mass is 323 g/mol. The van der Waals surface area contributed by atoms with Gasteiger partial charge >= 0.3 is 0 Å². The summed E-state index contributed by atoms with van der Waals surface area (Å²) in [6.07, 6.45) is 8.89. The molecule has 1 aromatic rings. The first-order valence-corrected chi connectivity index (χ1v) is 8.07. The predicted octanol–water partition coefficient (Wildman–Crippen LogP) is 4.22. The summed E-state index contributed by atoms with van der Waals surface area (Å²) in [6.45, 7) is 0. The van der Waals surface area contributed by atoms with E-state index in [1.165, 1.54) is 31.2 Å². The lowest BCUT2D eigenvalue weighted by molar-refractivity contribution is -0.121. The van der Waals surface area contributed by atoms with Crippen molar-refractivity contribution in [3.05, 3.63) is 34.3 Å². The number of aryl methyl sites for hydroxylation is 1. The van der Waals surface area contributed by atoms with Crippen LogP contribution >= 0.6 is 15.9 Å². The van der Waals surface area contributed by atoms with E-state index in [4.69, 9.17) is 0 Å². The van der Waals surface area contributed by atoms with Gasteiger partial charge in [0.05, 0.1) is 0 Å². The third-order valence-electron chi connectivity index (χ3n) is 3.75. The number of benzene rings is 1. The van der Waals surface area contributed by atoms with Crippen molar-refractivity contribution >= 4 is 21.8 Å². The van der Waals surface area contributed by atoms with Crippen molar-refractivity contribution in [2.24, 2.45) is 0 Å². The van der Waals surface area contributed by atoms with Gasteiger partial charge in [0, 0.05) is 16.9 Å². The zero-order chi connectivity index (χ0) is 13.5. The van der Waals surface area contributed by atoms with Crippen molar-refractivity contribution in [3.63, 3.8) is 0 Å². The lowest BCUT2D eigenvalue weighted by Crippen LogP contribution is -2.34. The van der Waals surface area contributed by atoms with Crippen molar-refractivity contribution in [1.82, 2.24) is 5.32 Å². The second kappa shape index (κ2) is 7.68. The molecule has 1 saturated carbocycles. The van der Waals surface area contributed by atoms with Crippen LogP contribution in [0.5, 0.6) is 0 Å². The van der Waals surface area contributed by atoms with Gasteiger partial charge in [0.15, 0.2) is 0 Å². The molecule has 0 spiro atoms. The molecular weight excluding hydrogens is 302 g/mol. The second-order valence-corrected chi connectivity index (χ2v) is 6.30. The first kappa shape index (κ1) is 14.6. The lowest BCUT2D eigenvalue weighted by atomic mass is 10.1. The maximum atomic E-state index is 12.0. The highest BCUT2D eigenvalue weighted by molar-refractivity contribution is 9.10. The highest BCUT2D eigenvalue weighted by atomic mass is 79.9. The number of hydrogen-bond acceptors (Lipinski definition) is 1. The van der Waals surface area contributed by atoms with E-state index in [-0.39, 0.29) is 5.91 Å². The van der Waals surface area contributed by atoms with Gasteiger partial charge in [0.25, 0.3) is 0 Å². The van der Waals surface area contributed by atoms with Gasteiger partial charge in [0.2, 0.25) is 5.91 Å². The van der Waals surface area contributed by atoms with E-state index in [1.54, 1.807) is 0 Å². The fourth-order valence-electron chi connectivity index (χ4n) is 2.67. The van der Waals surface area contributed by atoms with E-state index in [1.807, 2.05) is 12.1 Å². The molecule has 0 saturated heterocycles. The summed E-state index contributed by atoms with van der Waals surface area (Å²) in [7, 11) is 0. The summed E-state index contributed by atoms with van der Waals surface area (Å²) in [4.78, 5) is 12.0. The van der Waals surface area contributed by atoms with Gasteiger partial charge in [-0.2, -0.15) is 0 Å². The third-order valence-corrected chi connectivity index (χ3v) is 4.24. The SMILES string of the molecule is O=C(CCc1cccc(Br)c1)NC1CCCCCC1. The Bertz CT molecular complexity index is 411. The summed E-state index contributed by atoms with van der Waals surface area (Å²) in [6, 6.07) is 8.60. The number of hydrogen-bond donors (Lipinski definition) is 1. The minimum Gasteiger partial charge on any atom is -0.353 e. The Morgan fingerprint density at radius 1 is 1.21 bits per heavy atom. The van der Waals surface area contributed by atoms with Crippen molar-refractivity contribution in [2.45, 2.75) is 57.4 Å². The minimum absolute atomic E-state index is 0.201. The van der Waals surface area contributed by atoms with E-state index >= 15 is 0 Å². The van der Waals surface area contributed by atoms with Crippen LogP contribution in [-0.4, -0.2) is 11.9 Å². The van der Waals surface area contributed by atoms with Gasteiger partial charge in [-0.05, 0) is 37.0 Å². The highest BCUT2D eigenvalue weighted by Crippen LogP contribution is 2.17. The normalized spacial score (nSPS) is 16.9. The maximum Gasteiger partial charge on any atom is 0.220 e. The fraction of sp³-hybridized carbons (Fsp3) is 0.562. The molecule has 1 aliphatic rings. The summed E-state index contributed by atoms with van der Waals surface area (Å²) in [5, 5.41) is 3.19. The molecule has 1 aliphatic carbocycles. The van der Waals surface area contributed by atoms with E-state index in [0.717, 1.165) is 23.7 Å². The summed E-state index contributed by atoms with van der Waals surface area (Å²) in [5.74, 6) is 0.201. The molecule has 19 heavy (non-hydrogen) atoms. The number of carbonyl (C=O) groups is 1. The fourth-order valence-corrected chi connectivity index (χ4v) is 3.12. The molecule has 0 radical (unpaired) electrons. The molecule has 1 amide bonds. The maximum absolute atomic E-state index is 12.0. The Kier molecular flexibility index (Phi) is 5.90. The average molecular weight is 324 g/mol. The van der Waals surface area contributed by atoms with Gasteiger partial charge in [-0.1, -0.05) is 53.7 Å². The first-order chi connectivity index (χ1) is 9.24. The van der Waals surface area contributed by atoms with Gasteiger partial charge in [-0.15, -0.1) is 0 Å². The number of rotatable bonds is 4. The largest absolute Gasteiger partial charge is 0.353 e. The third kappa shape index (κ3) is 5.35. The van der Waals surface area contributed by atoms with Gasteiger partial charge < -0.3 is 5.32 Å². The van der Waals surface area contributed by atoms with Crippen LogP contribution in [0.4, 0.5) is 0 Å². The minimum atomic E-state index is 0.201. The smallest absolute Gasteiger partial charge is 0.220 e. The topological polar surface area (TPSA) is 29.1 Å². The van der Waals surface area contributed by atoms with Crippen LogP contribution in [-0.2, 0) is 11.2 Å². The zero-order valence-electron chi connectivity index (χ0n) is 11.3. The predicted molar refractivity (Wildman–Crippen MR) is 82.1 cm³/mol. The lowest BCUT2D eigenvalue weighted by Gasteiger charge is -2.16. The zero-order valence-corrected chi connectivity index (χ0v) is 12.9. The van der Waals surface area contributed by atoms with E-state index in [0.29, 0.717) is 12.5 Å². The number of nitrogens with one attached hydrogen (secondary N) is 1. The van der Waals surface area contributed by atoms with Crippen LogP contribution in [0.15, 0.2) is 28.7 Å². The number of amides is 1. The van der Waals surface area contributed by atoms with Crippen LogP contribution in [0.1, 0.15) is 50.5 Å². The van der Waals surface area contributed by atoms with Crippen molar-refractivity contribution in [3.8, 4) is 0 Å². The molecule has 1 aromatic carbocycles. The van der Waals surface area contributed by atoms with Crippen LogP contribution in [0, 0.1) is 0 Å². The molecule has 0 bridgehead atoms. The summed E-state index contributed by atoms with van der Waals surface area (Å²) in [5.41, 5.74) is 1.21. The molecule has 0 heterocycles. The quantitative estimate of drug-likeness (QED) is 0.826. The van der Waals surface area contributed by atoms with Gasteiger partial charge in [0.1, 0.15) is 0 Å². The van der Waals surface area contributed by atoms with Crippen LogP contribution in [0.3, 0.4) is 0 Å². The highest BCUT2D eigenvalue weighted by Gasteiger charge is 2.14. The Hall–Kier alpha value is -0.830. The van der Waals surface area contributed by atoms with E-state index < -0.39 is 0 Å². The van der Waals surface area contributed by atoms with Crippen LogP contribution in [0.25, 0.3) is 0 Å². The number of halogens is 1.